The van der Waals surface area contributed by atoms with Crippen LogP contribution in [0, 0.1) is 27.3 Å². The molecule has 0 aliphatic heterocycles. The minimum Gasteiger partial charge on any atom is -0.486 e. The summed E-state index contributed by atoms with van der Waals surface area (Å²) in [4.78, 5) is 10.5. The molecule has 0 unspecified atom stereocenters. The lowest BCUT2D eigenvalue weighted by atomic mass is 10.0. The molecule has 3 aromatic carbocycles. The number of nitro benzene ring substituents is 1. The van der Waals surface area contributed by atoms with Crippen LogP contribution in [0.2, 0.25) is 5.02 Å². The van der Waals surface area contributed by atoms with E-state index in [1.54, 1.807) is 42.5 Å². The second-order valence-electron chi connectivity index (χ2n) is 6.17. The number of ether oxygens (including phenoxy) is 1. The van der Waals surface area contributed by atoms with Crippen molar-refractivity contribution in [1.29, 1.82) is 5.26 Å². The Labute approximate surface area is 185 Å². The highest BCUT2D eigenvalue weighted by Gasteiger charge is 2.13. The van der Waals surface area contributed by atoms with Crippen molar-refractivity contribution in [2.45, 2.75) is 6.61 Å². The zero-order valence-electron chi connectivity index (χ0n) is 15.3. The van der Waals surface area contributed by atoms with Crippen molar-refractivity contribution in [3.05, 3.63) is 103 Å². The maximum absolute atomic E-state index is 13.8. The Morgan fingerprint density at radius 2 is 2.00 bits per heavy atom. The summed E-state index contributed by atoms with van der Waals surface area (Å²) < 4.78 is 20.0. The van der Waals surface area contributed by atoms with Crippen LogP contribution >= 0.6 is 27.5 Å². The summed E-state index contributed by atoms with van der Waals surface area (Å²) in [5, 5.41) is 20.8. The first-order chi connectivity index (χ1) is 14.4. The number of allylic oxidation sites excluding steroid dienone is 1. The molecule has 0 aromatic heterocycles. The van der Waals surface area contributed by atoms with Crippen LogP contribution in [-0.2, 0) is 6.61 Å². The van der Waals surface area contributed by atoms with Crippen molar-refractivity contribution in [3.8, 4) is 11.8 Å². The van der Waals surface area contributed by atoms with Gasteiger partial charge >= 0.3 is 0 Å². The average molecular weight is 488 g/mol. The first-order valence-corrected chi connectivity index (χ1v) is 9.78. The molecular formula is C22H13BrClFN2O3. The van der Waals surface area contributed by atoms with E-state index < -0.39 is 4.92 Å². The van der Waals surface area contributed by atoms with Crippen LogP contribution < -0.4 is 4.74 Å². The van der Waals surface area contributed by atoms with E-state index in [9.17, 15) is 19.8 Å². The van der Waals surface area contributed by atoms with Crippen molar-refractivity contribution in [2.24, 2.45) is 0 Å². The van der Waals surface area contributed by atoms with E-state index in [-0.39, 0.29) is 28.7 Å². The molecule has 5 nitrogen and oxygen atoms in total. The molecule has 0 aliphatic rings. The van der Waals surface area contributed by atoms with Gasteiger partial charge in [-0.2, -0.15) is 5.26 Å². The van der Waals surface area contributed by atoms with E-state index in [4.69, 9.17) is 16.3 Å². The minimum absolute atomic E-state index is 0.00267. The summed E-state index contributed by atoms with van der Waals surface area (Å²) in [6.07, 6.45) is 1.57. The molecule has 0 fully saturated rings. The quantitative estimate of drug-likeness (QED) is 0.166. The molecule has 0 saturated carbocycles. The van der Waals surface area contributed by atoms with Crippen LogP contribution in [0.5, 0.6) is 5.75 Å². The van der Waals surface area contributed by atoms with Gasteiger partial charge in [0, 0.05) is 17.7 Å². The summed E-state index contributed by atoms with van der Waals surface area (Å²) in [6, 6.07) is 17.4. The molecular weight excluding hydrogens is 475 g/mol. The third-order valence-electron chi connectivity index (χ3n) is 4.15. The third kappa shape index (κ3) is 5.03. The summed E-state index contributed by atoms with van der Waals surface area (Å²) in [5.41, 5.74) is 1.53. The number of rotatable bonds is 6. The SMILES string of the molecule is N#C/C(=C/c1cc(Cl)c(OCc2ccccc2F)c(Br)c1)c1cccc([N+](=O)[O-])c1. The van der Waals surface area contributed by atoms with Crippen molar-refractivity contribution in [2.75, 3.05) is 0 Å². The molecule has 0 heterocycles. The highest BCUT2D eigenvalue weighted by Crippen LogP contribution is 2.36. The molecule has 3 aromatic rings. The van der Waals surface area contributed by atoms with Gasteiger partial charge in [0.15, 0.2) is 5.75 Å². The molecule has 8 heteroatoms. The second kappa shape index (κ2) is 9.53. The Hall–Kier alpha value is -3.21. The van der Waals surface area contributed by atoms with Gasteiger partial charge in [0.05, 0.1) is 26.1 Å². The molecule has 150 valence electrons. The lowest BCUT2D eigenvalue weighted by molar-refractivity contribution is -0.384. The van der Waals surface area contributed by atoms with Crippen molar-refractivity contribution < 1.29 is 14.1 Å². The van der Waals surface area contributed by atoms with Crippen molar-refractivity contribution >= 4 is 44.9 Å². The molecule has 0 atom stereocenters. The lowest BCUT2D eigenvalue weighted by Gasteiger charge is -2.12. The molecule has 0 N–H and O–H groups in total. The van der Waals surface area contributed by atoms with E-state index in [0.29, 0.717) is 26.9 Å². The van der Waals surface area contributed by atoms with Gasteiger partial charge in [0.25, 0.3) is 5.69 Å². The fourth-order valence-electron chi connectivity index (χ4n) is 2.70. The first-order valence-electron chi connectivity index (χ1n) is 8.61. The number of benzene rings is 3. The average Bonchev–Trinajstić information content (AvgIpc) is 2.72. The fourth-order valence-corrected chi connectivity index (χ4v) is 3.69. The van der Waals surface area contributed by atoms with Gasteiger partial charge in [-0.05, 0) is 51.3 Å². The summed E-state index contributed by atoms with van der Waals surface area (Å²) in [7, 11) is 0. The Morgan fingerprint density at radius 1 is 1.23 bits per heavy atom. The molecule has 30 heavy (non-hydrogen) atoms. The summed E-state index contributed by atoms with van der Waals surface area (Å²) in [6.45, 7) is -0.00267. The maximum atomic E-state index is 13.8. The second-order valence-corrected chi connectivity index (χ2v) is 7.43. The molecule has 0 amide bonds. The van der Waals surface area contributed by atoms with Gasteiger partial charge in [-0.15, -0.1) is 0 Å². The van der Waals surface area contributed by atoms with E-state index in [2.05, 4.69) is 15.9 Å². The van der Waals surface area contributed by atoms with Crippen LogP contribution in [0.25, 0.3) is 11.6 Å². The highest BCUT2D eigenvalue weighted by atomic mass is 79.9. The number of hydrogen-bond acceptors (Lipinski definition) is 4. The van der Waals surface area contributed by atoms with E-state index >= 15 is 0 Å². The van der Waals surface area contributed by atoms with Gasteiger partial charge in [-0.25, -0.2) is 4.39 Å². The zero-order chi connectivity index (χ0) is 21.7. The molecule has 0 saturated heterocycles. The maximum Gasteiger partial charge on any atom is 0.270 e. The zero-order valence-corrected chi connectivity index (χ0v) is 17.7. The van der Waals surface area contributed by atoms with E-state index in [0.717, 1.165) is 0 Å². The Bertz CT molecular complexity index is 1170. The van der Waals surface area contributed by atoms with Crippen LogP contribution in [-0.4, -0.2) is 4.92 Å². The fraction of sp³-hybridized carbons (Fsp3) is 0.0455. The van der Waals surface area contributed by atoms with Gasteiger partial charge in [0.1, 0.15) is 12.4 Å². The normalized spacial score (nSPS) is 11.1. The predicted molar refractivity (Wildman–Crippen MR) is 116 cm³/mol. The van der Waals surface area contributed by atoms with Gasteiger partial charge in [-0.1, -0.05) is 41.9 Å². The molecule has 0 spiro atoms. The molecule has 0 aliphatic carbocycles. The van der Waals surface area contributed by atoms with Crippen LogP contribution in [0.4, 0.5) is 10.1 Å². The summed E-state index contributed by atoms with van der Waals surface area (Å²) >= 11 is 9.71. The number of halogens is 3. The lowest BCUT2D eigenvalue weighted by Crippen LogP contribution is -1.99. The number of nitro groups is 1. The summed E-state index contributed by atoms with van der Waals surface area (Å²) in [5.74, 6) is -0.0363. The molecule has 3 rings (SSSR count). The number of nitrogens with zero attached hydrogens (tertiary/aromatic N) is 2. The largest absolute Gasteiger partial charge is 0.486 e. The minimum atomic E-state index is -0.520. The van der Waals surface area contributed by atoms with Crippen LogP contribution in [0.15, 0.2) is 65.1 Å². The number of non-ortho nitro benzene ring substituents is 1. The van der Waals surface area contributed by atoms with Crippen molar-refractivity contribution in [1.82, 2.24) is 0 Å². The van der Waals surface area contributed by atoms with Crippen LogP contribution in [0.3, 0.4) is 0 Å². The predicted octanol–water partition coefficient (Wildman–Crippen LogP) is 6.79. The van der Waals surface area contributed by atoms with Crippen LogP contribution in [0.1, 0.15) is 16.7 Å². The van der Waals surface area contributed by atoms with E-state index in [1.807, 2.05) is 6.07 Å². The standard InChI is InChI=1S/C22H13BrClFN2O3/c23-19-9-14(8-17(12-26)15-5-3-6-18(11-15)27(28)29)10-20(24)22(19)30-13-16-4-1-2-7-21(16)25/h1-11H,13H2/b17-8-. The monoisotopic (exact) mass is 486 g/mol. The highest BCUT2D eigenvalue weighted by molar-refractivity contribution is 9.10. The molecule has 0 bridgehead atoms. The first kappa shape index (κ1) is 21.5. The van der Waals surface area contributed by atoms with Gasteiger partial charge in [0.2, 0.25) is 0 Å². The van der Waals surface area contributed by atoms with Gasteiger partial charge in [-0.3, -0.25) is 10.1 Å². The number of nitriles is 1. The Morgan fingerprint density at radius 3 is 2.67 bits per heavy atom. The number of hydrogen-bond donors (Lipinski definition) is 0. The topological polar surface area (TPSA) is 76.2 Å². The van der Waals surface area contributed by atoms with E-state index in [1.165, 1.54) is 24.3 Å². The van der Waals surface area contributed by atoms with Crippen molar-refractivity contribution in [3.63, 3.8) is 0 Å². The Kier molecular flexibility index (Phi) is 6.83. The molecule has 0 radical (unpaired) electrons. The van der Waals surface area contributed by atoms with Gasteiger partial charge < -0.3 is 4.74 Å². The Balaban J connectivity index is 1.88. The third-order valence-corrected chi connectivity index (χ3v) is 5.02. The smallest absolute Gasteiger partial charge is 0.270 e.